The van der Waals surface area contributed by atoms with Crippen LogP contribution in [-0.2, 0) is 6.54 Å². The third kappa shape index (κ3) is 3.97. The summed E-state index contributed by atoms with van der Waals surface area (Å²) in [4.78, 5) is 21.4. The Morgan fingerprint density at radius 2 is 2.00 bits per heavy atom. The molecule has 0 bridgehead atoms. The number of amides is 1. The van der Waals surface area contributed by atoms with Crippen molar-refractivity contribution in [2.45, 2.75) is 38.8 Å². The van der Waals surface area contributed by atoms with Gasteiger partial charge in [-0.05, 0) is 43.5 Å². The number of likely N-dealkylation sites (tertiary alicyclic amines) is 1. The van der Waals surface area contributed by atoms with Gasteiger partial charge in [0.25, 0.3) is 5.91 Å². The summed E-state index contributed by atoms with van der Waals surface area (Å²) in [7, 11) is 0. The molecule has 2 heterocycles. The Morgan fingerprint density at radius 1 is 1.14 bits per heavy atom. The Labute approximate surface area is 167 Å². The molecule has 1 unspecified atom stereocenters. The van der Waals surface area contributed by atoms with Crippen LogP contribution in [-0.4, -0.2) is 46.4 Å². The van der Waals surface area contributed by atoms with Crippen molar-refractivity contribution < 1.29 is 4.79 Å². The Kier molecular flexibility index (Phi) is 5.77. The van der Waals surface area contributed by atoms with E-state index in [0.29, 0.717) is 0 Å². The summed E-state index contributed by atoms with van der Waals surface area (Å²) in [6.45, 7) is 5.96. The topological polar surface area (TPSA) is 39.3 Å². The molecule has 4 heteroatoms. The zero-order valence-corrected chi connectivity index (χ0v) is 16.6. The molecular formula is C24H29N3O. The van der Waals surface area contributed by atoms with Crippen LogP contribution in [0.1, 0.15) is 42.1 Å². The zero-order valence-electron chi connectivity index (χ0n) is 16.6. The number of benzene rings is 2. The average Bonchev–Trinajstić information content (AvgIpc) is 3.21. The summed E-state index contributed by atoms with van der Waals surface area (Å²) in [5, 5.41) is 1.09. The predicted octanol–water partition coefficient (Wildman–Crippen LogP) is 4.68. The van der Waals surface area contributed by atoms with E-state index < -0.39 is 0 Å². The molecule has 1 amide bonds. The highest BCUT2D eigenvalue weighted by Crippen LogP contribution is 2.23. The van der Waals surface area contributed by atoms with E-state index in [9.17, 15) is 4.79 Å². The summed E-state index contributed by atoms with van der Waals surface area (Å²) >= 11 is 0. The van der Waals surface area contributed by atoms with Crippen molar-refractivity contribution in [2.24, 2.45) is 0 Å². The van der Waals surface area contributed by atoms with Gasteiger partial charge in [0.2, 0.25) is 0 Å². The van der Waals surface area contributed by atoms with Crippen LogP contribution in [0.2, 0.25) is 0 Å². The molecule has 3 aromatic rings. The zero-order chi connectivity index (χ0) is 19.3. The van der Waals surface area contributed by atoms with Gasteiger partial charge in [0.1, 0.15) is 0 Å². The number of H-pyrrole nitrogens is 1. The van der Waals surface area contributed by atoms with Gasteiger partial charge in [-0.1, -0.05) is 49.4 Å². The molecule has 4 nitrogen and oxygen atoms in total. The molecule has 1 aromatic heterocycles. The summed E-state index contributed by atoms with van der Waals surface area (Å²) in [5.74, 6) is 0.154. The first-order valence-corrected chi connectivity index (χ1v) is 10.4. The van der Waals surface area contributed by atoms with E-state index in [-0.39, 0.29) is 11.9 Å². The van der Waals surface area contributed by atoms with Gasteiger partial charge in [0, 0.05) is 37.3 Å². The lowest BCUT2D eigenvalue weighted by Gasteiger charge is -2.39. The van der Waals surface area contributed by atoms with Gasteiger partial charge in [0.15, 0.2) is 0 Å². The summed E-state index contributed by atoms with van der Waals surface area (Å²) in [6.07, 6.45) is 5.10. The Bertz CT molecular complexity index is 918. The molecule has 28 heavy (non-hydrogen) atoms. The highest BCUT2D eigenvalue weighted by Gasteiger charge is 2.29. The van der Waals surface area contributed by atoms with E-state index in [0.717, 1.165) is 61.9 Å². The molecule has 0 aliphatic carbocycles. The fraction of sp³-hybridized carbons (Fsp3) is 0.375. The third-order valence-electron chi connectivity index (χ3n) is 5.71. The number of nitrogens with one attached hydrogen (secondary N) is 1. The third-order valence-corrected chi connectivity index (χ3v) is 5.71. The summed E-state index contributed by atoms with van der Waals surface area (Å²) in [6, 6.07) is 18.9. The average molecular weight is 376 g/mol. The van der Waals surface area contributed by atoms with E-state index in [4.69, 9.17) is 0 Å². The summed E-state index contributed by atoms with van der Waals surface area (Å²) < 4.78 is 0. The van der Waals surface area contributed by atoms with Gasteiger partial charge in [-0.15, -0.1) is 0 Å². The molecule has 2 aromatic carbocycles. The number of carbonyl (C=O) groups is 1. The number of hydrogen-bond donors (Lipinski definition) is 1. The molecule has 1 fully saturated rings. The first kappa shape index (κ1) is 18.8. The Hall–Kier alpha value is -2.59. The molecule has 0 radical (unpaired) electrons. The van der Waals surface area contributed by atoms with Gasteiger partial charge < -0.3 is 9.88 Å². The molecule has 1 aliphatic rings. The number of para-hydroxylation sites is 1. The van der Waals surface area contributed by atoms with Gasteiger partial charge in [-0.25, -0.2) is 0 Å². The minimum Gasteiger partial charge on any atom is -0.361 e. The van der Waals surface area contributed by atoms with E-state index in [1.54, 1.807) is 0 Å². The second kappa shape index (κ2) is 8.61. The van der Waals surface area contributed by atoms with Crippen molar-refractivity contribution >= 4 is 16.8 Å². The molecular weight excluding hydrogens is 346 g/mol. The van der Waals surface area contributed by atoms with Crippen LogP contribution in [0.25, 0.3) is 10.9 Å². The maximum absolute atomic E-state index is 13.5. The fourth-order valence-electron chi connectivity index (χ4n) is 4.38. The molecule has 0 saturated carbocycles. The van der Waals surface area contributed by atoms with Crippen LogP contribution in [0.5, 0.6) is 0 Å². The first-order valence-electron chi connectivity index (χ1n) is 10.4. The van der Waals surface area contributed by atoms with Crippen molar-refractivity contribution in [1.82, 2.24) is 14.8 Å². The largest absolute Gasteiger partial charge is 0.361 e. The highest BCUT2D eigenvalue weighted by molar-refractivity contribution is 6.05. The van der Waals surface area contributed by atoms with Crippen LogP contribution >= 0.6 is 0 Å². The molecule has 1 N–H and O–H groups in total. The quantitative estimate of drug-likeness (QED) is 0.679. The number of rotatable bonds is 6. The monoisotopic (exact) mass is 375 g/mol. The maximum Gasteiger partial charge on any atom is 0.256 e. The number of hydrogen-bond acceptors (Lipinski definition) is 2. The number of aromatic nitrogens is 1. The molecule has 1 saturated heterocycles. The van der Waals surface area contributed by atoms with Crippen LogP contribution in [0, 0.1) is 0 Å². The van der Waals surface area contributed by atoms with Gasteiger partial charge in [-0.3, -0.25) is 9.69 Å². The molecule has 146 valence electrons. The number of aromatic amines is 1. The maximum atomic E-state index is 13.5. The van der Waals surface area contributed by atoms with E-state index in [2.05, 4.69) is 58.1 Å². The van der Waals surface area contributed by atoms with Crippen LogP contribution in [0.15, 0.2) is 60.8 Å². The lowest BCUT2D eigenvalue weighted by Crippen LogP contribution is -2.50. The standard InChI is InChI=1S/C24H29N3O/c1-2-15-27(24(28)22-12-6-10-20-13-14-25-23(20)22)21-11-7-16-26(18-21)17-19-8-4-3-5-9-19/h3-6,8-10,12-14,21,25H,2,7,11,15-18H2,1H3. The Balaban J connectivity index is 1.53. The molecule has 4 rings (SSSR count). The lowest BCUT2D eigenvalue weighted by atomic mass is 10.0. The van der Waals surface area contributed by atoms with E-state index >= 15 is 0 Å². The van der Waals surface area contributed by atoms with Crippen LogP contribution in [0.4, 0.5) is 0 Å². The second-order valence-electron chi connectivity index (χ2n) is 7.76. The smallest absolute Gasteiger partial charge is 0.256 e. The fourth-order valence-corrected chi connectivity index (χ4v) is 4.38. The van der Waals surface area contributed by atoms with Crippen molar-refractivity contribution in [3.63, 3.8) is 0 Å². The summed E-state index contributed by atoms with van der Waals surface area (Å²) in [5.41, 5.74) is 3.08. The molecule has 0 spiro atoms. The lowest BCUT2D eigenvalue weighted by molar-refractivity contribution is 0.0536. The predicted molar refractivity (Wildman–Crippen MR) is 114 cm³/mol. The highest BCUT2D eigenvalue weighted by atomic mass is 16.2. The van der Waals surface area contributed by atoms with Crippen molar-refractivity contribution in [3.8, 4) is 0 Å². The number of piperidine rings is 1. The van der Waals surface area contributed by atoms with E-state index in [1.165, 1.54) is 5.56 Å². The number of carbonyl (C=O) groups excluding carboxylic acids is 1. The van der Waals surface area contributed by atoms with Crippen molar-refractivity contribution in [3.05, 3.63) is 71.9 Å². The van der Waals surface area contributed by atoms with Gasteiger partial charge >= 0.3 is 0 Å². The Morgan fingerprint density at radius 3 is 2.82 bits per heavy atom. The SMILES string of the molecule is CCCN(C(=O)c1cccc2cc[nH]c12)C1CCCN(Cc2ccccc2)C1. The minimum atomic E-state index is 0.154. The number of fused-ring (bicyclic) bond motifs is 1. The van der Waals surface area contributed by atoms with Crippen LogP contribution in [0.3, 0.4) is 0 Å². The normalized spacial score (nSPS) is 17.7. The van der Waals surface area contributed by atoms with Crippen LogP contribution < -0.4 is 0 Å². The second-order valence-corrected chi connectivity index (χ2v) is 7.76. The van der Waals surface area contributed by atoms with E-state index in [1.807, 2.05) is 24.4 Å². The number of nitrogens with zero attached hydrogens (tertiary/aromatic N) is 2. The van der Waals surface area contributed by atoms with Crippen molar-refractivity contribution in [2.75, 3.05) is 19.6 Å². The minimum absolute atomic E-state index is 0.154. The van der Waals surface area contributed by atoms with Crippen molar-refractivity contribution in [1.29, 1.82) is 0 Å². The molecule has 1 aliphatic heterocycles. The van der Waals surface area contributed by atoms with Gasteiger partial charge in [0.05, 0.1) is 11.1 Å². The van der Waals surface area contributed by atoms with Gasteiger partial charge in [-0.2, -0.15) is 0 Å². The molecule has 1 atom stereocenters. The first-order chi connectivity index (χ1) is 13.8.